The van der Waals surface area contributed by atoms with Gasteiger partial charge in [0.05, 0.1) is 6.04 Å². The quantitative estimate of drug-likeness (QED) is 0.670. The van der Waals surface area contributed by atoms with Crippen molar-refractivity contribution >= 4 is 6.09 Å². The fourth-order valence-electron chi connectivity index (χ4n) is 2.29. The average molecular weight is 302 g/mol. The Kier molecular flexibility index (Phi) is 6.90. The normalized spacial score (nSPS) is 18.4. The molecule has 1 amide bonds. The molecule has 1 saturated carbocycles. The summed E-state index contributed by atoms with van der Waals surface area (Å²) >= 11 is 0. The average Bonchev–Trinajstić information content (AvgIpc) is 3.18. The van der Waals surface area contributed by atoms with Crippen molar-refractivity contribution in [1.82, 2.24) is 10.6 Å². The number of hydrogen-bond donors (Lipinski definition) is 2. The SMILES string of the molecule is COC(OC)C(C)NC(CNC(=O)OC(C)(C)C)C1CC1. The number of ether oxygens (including phenoxy) is 3. The van der Waals surface area contributed by atoms with Crippen LogP contribution in [0.2, 0.25) is 0 Å². The molecule has 2 N–H and O–H groups in total. The summed E-state index contributed by atoms with van der Waals surface area (Å²) in [7, 11) is 3.24. The third-order valence-electron chi connectivity index (χ3n) is 3.41. The second kappa shape index (κ2) is 7.96. The highest BCUT2D eigenvalue weighted by molar-refractivity contribution is 5.67. The van der Waals surface area contributed by atoms with Crippen LogP contribution in [0.4, 0.5) is 4.79 Å². The lowest BCUT2D eigenvalue weighted by Gasteiger charge is -2.28. The predicted octanol–water partition coefficient (Wildman–Crippen LogP) is 1.89. The van der Waals surface area contributed by atoms with E-state index in [4.69, 9.17) is 14.2 Å². The molecule has 0 spiro atoms. The maximum atomic E-state index is 11.7. The van der Waals surface area contributed by atoms with E-state index in [-0.39, 0.29) is 24.5 Å². The number of methoxy groups -OCH3 is 2. The molecule has 6 heteroatoms. The van der Waals surface area contributed by atoms with Crippen molar-refractivity contribution < 1.29 is 19.0 Å². The first-order chi connectivity index (χ1) is 9.76. The molecular weight excluding hydrogens is 272 g/mol. The number of rotatable bonds is 8. The summed E-state index contributed by atoms with van der Waals surface area (Å²) in [5, 5.41) is 6.31. The Bertz CT molecular complexity index is 322. The van der Waals surface area contributed by atoms with Gasteiger partial charge < -0.3 is 24.8 Å². The van der Waals surface area contributed by atoms with E-state index in [2.05, 4.69) is 10.6 Å². The molecule has 21 heavy (non-hydrogen) atoms. The Morgan fingerprint density at radius 1 is 1.24 bits per heavy atom. The molecule has 2 unspecified atom stereocenters. The first-order valence-electron chi connectivity index (χ1n) is 7.55. The highest BCUT2D eigenvalue weighted by atomic mass is 16.7. The van der Waals surface area contributed by atoms with Crippen molar-refractivity contribution in [3.63, 3.8) is 0 Å². The number of amides is 1. The van der Waals surface area contributed by atoms with E-state index in [0.29, 0.717) is 12.5 Å². The van der Waals surface area contributed by atoms with Gasteiger partial charge in [-0.1, -0.05) is 0 Å². The lowest BCUT2D eigenvalue weighted by Crippen LogP contribution is -2.51. The standard InChI is InChI=1S/C15H30N2O4/c1-10(13(19-5)20-6)17-12(11-7-8-11)9-16-14(18)21-15(2,3)4/h10-13,17H,7-9H2,1-6H3,(H,16,18). The molecule has 2 atom stereocenters. The van der Waals surface area contributed by atoms with Gasteiger partial charge in [0.15, 0.2) is 6.29 Å². The first kappa shape index (κ1) is 18.2. The minimum Gasteiger partial charge on any atom is -0.444 e. The van der Waals surface area contributed by atoms with E-state index in [0.717, 1.165) is 0 Å². The van der Waals surface area contributed by atoms with E-state index in [1.807, 2.05) is 27.7 Å². The second-order valence-corrected chi connectivity index (χ2v) is 6.62. The van der Waals surface area contributed by atoms with Crippen molar-refractivity contribution in [2.45, 2.75) is 64.5 Å². The Labute approximate surface area is 127 Å². The maximum absolute atomic E-state index is 11.7. The molecule has 1 aliphatic carbocycles. The maximum Gasteiger partial charge on any atom is 0.407 e. The topological polar surface area (TPSA) is 68.8 Å². The number of carbonyl (C=O) groups excluding carboxylic acids is 1. The summed E-state index contributed by atoms with van der Waals surface area (Å²) in [4.78, 5) is 11.7. The van der Waals surface area contributed by atoms with Crippen LogP contribution in [0.5, 0.6) is 0 Å². The van der Waals surface area contributed by atoms with Crippen LogP contribution < -0.4 is 10.6 Å². The Morgan fingerprint density at radius 3 is 2.24 bits per heavy atom. The van der Waals surface area contributed by atoms with Gasteiger partial charge in [-0.15, -0.1) is 0 Å². The number of hydrogen-bond acceptors (Lipinski definition) is 5. The van der Waals surface area contributed by atoms with E-state index >= 15 is 0 Å². The third kappa shape index (κ3) is 7.11. The van der Waals surface area contributed by atoms with E-state index in [1.165, 1.54) is 12.8 Å². The van der Waals surface area contributed by atoms with Crippen molar-refractivity contribution in [3.05, 3.63) is 0 Å². The van der Waals surface area contributed by atoms with Crippen LogP contribution in [-0.4, -0.2) is 50.8 Å². The van der Waals surface area contributed by atoms with Crippen LogP contribution in [0.25, 0.3) is 0 Å². The summed E-state index contributed by atoms with van der Waals surface area (Å²) in [5.74, 6) is 0.594. The fourth-order valence-corrected chi connectivity index (χ4v) is 2.29. The molecule has 0 aromatic carbocycles. The van der Waals surface area contributed by atoms with Gasteiger partial charge in [0, 0.05) is 26.8 Å². The molecule has 0 heterocycles. The van der Waals surface area contributed by atoms with E-state index in [1.54, 1.807) is 14.2 Å². The molecule has 0 aromatic heterocycles. The van der Waals surface area contributed by atoms with E-state index in [9.17, 15) is 4.79 Å². The summed E-state index contributed by atoms with van der Waals surface area (Å²) in [6, 6.07) is 0.256. The second-order valence-electron chi connectivity index (χ2n) is 6.62. The Hall–Kier alpha value is -0.850. The largest absolute Gasteiger partial charge is 0.444 e. The number of nitrogens with one attached hydrogen (secondary N) is 2. The zero-order chi connectivity index (χ0) is 16.0. The van der Waals surface area contributed by atoms with Gasteiger partial charge in [0.2, 0.25) is 0 Å². The van der Waals surface area contributed by atoms with Gasteiger partial charge >= 0.3 is 6.09 Å². The lowest BCUT2D eigenvalue weighted by molar-refractivity contribution is -0.121. The van der Waals surface area contributed by atoms with Gasteiger partial charge in [0.25, 0.3) is 0 Å². The fraction of sp³-hybridized carbons (Fsp3) is 0.933. The minimum atomic E-state index is -0.475. The lowest BCUT2D eigenvalue weighted by atomic mass is 10.1. The van der Waals surface area contributed by atoms with E-state index < -0.39 is 5.60 Å². The van der Waals surface area contributed by atoms with Gasteiger partial charge in [-0.05, 0) is 46.5 Å². The Morgan fingerprint density at radius 2 is 1.81 bits per heavy atom. The first-order valence-corrected chi connectivity index (χ1v) is 7.55. The van der Waals surface area contributed by atoms with Crippen molar-refractivity contribution in [2.75, 3.05) is 20.8 Å². The van der Waals surface area contributed by atoms with Crippen LogP contribution in [0, 0.1) is 5.92 Å². The van der Waals surface area contributed by atoms with Crippen LogP contribution in [0.1, 0.15) is 40.5 Å². The highest BCUT2D eigenvalue weighted by Gasteiger charge is 2.33. The Balaban J connectivity index is 2.42. The minimum absolute atomic E-state index is 0.0473. The number of alkyl carbamates (subject to hydrolysis) is 1. The molecule has 0 aliphatic heterocycles. The van der Waals surface area contributed by atoms with Gasteiger partial charge in [-0.25, -0.2) is 4.79 Å². The predicted molar refractivity (Wildman–Crippen MR) is 81.2 cm³/mol. The van der Waals surface area contributed by atoms with Crippen LogP contribution in [0.3, 0.4) is 0 Å². The summed E-state index contributed by atoms with van der Waals surface area (Å²) in [6.07, 6.45) is 1.70. The van der Waals surface area contributed by atoms with Gasteiger partial charge in [-0.2, -0.15) is 0 Å². The van der Waals surface area contributed by atoms with Crippen LogP contribution in [-0.2, 0) is 14.2 Å². The molecule has 1 rings (SSSR count). The van der Waals surface area contributed by atoms with Crippen molar-refractivity contribution in [1.29, 1.82) is 0 Å². The monoisotopic (exact) mass is 302 g/mol. The molecule has 1 aliphatic rings. The molecule has 0 radical (unpaired) electrons. The van der Waals surface area contributed by atoms with Crippen LogP contribution in [0.15, 0.2) is 0 Å². The van der Waals surface area contributed by atoms with Gasteiger partial charge in [-0.3, -0.25) is 0 Å². The van der Waals surface area contributed by atoms with Crippen molar-refractivity contribution in [3.8, 4) is 0 Å². The summed E-state index contributed by atoms with van der Waals surface area (Å²) < 4.78 is 15.8. The summed E-state index contributed by atoms with van der Waals surface area (Å²) in [5.41, 5.74) is -0.475. The molecule has 0 bridgehead atoms. The van der Waals surface area contributed by atoms with Crippen LogP contribution >= 0.6 is 0 Å². The zero-order valence-electron chi connectivity index (χ0n) is 14.1. The molecule has 124 valence electrons. The molecule has 6 nitrogen and oxygen atoms in total. The zero-order valence-corrected chi connectivity index (χ0v) is 14.1. The molecule has 0 saturated heterocycles. The number of carbonyl (C=O) groups is 1. The highest BCUT2D eigenvalue weighted by Crippen LogP contribution is 2.32. The summed E-state index contributed by atoms with van der Waals surface area (Å²) in [6.45, 7) is 8.12. The van der Waals surface area contributed by atoms with Gasteiger partial charge in [0.1, 0.15) is 5.60 Å². The smallest absolute Gasteiger partial charge is 0.407 e. The van der Waals surface area contributed by atoms with Crippen molar-refractivity contribution in [2.24, 2.45) is 5.92 Å². The molecule has 1 fully saturated rings. The molecule has 0 aromatic rings. The molecular formula is C15H30N2O4. The third-order valence-corrected chi connectivity index (χ3v) is 3.41.